The fraction of sp³-hybridized carbons (Fsp3) is 0.500. The Morgan fingerprint density at radius 1 is 1.21 bits per heavy atom. The molecule has 0 aliphatic rings. The number of carbonyl (C=O) groups is 1. The van der Waals surface area contributed by atoms with E-state index in [4.69, 9.17) is 9.26 Å². The van der Waals surface area contributed by atoms with Crippen molar-refractivity contribution in [2.24, 2.45) is 5.16 Å². The highest BCUT2D eigenvalue weighted by Gasteiger charge is 2.32. The second-order valence-corrected chi connectivity index (χ2v) is 7.47. The lowest BCUT2D eigenvalue weighted by atomic mass is 10.0. The van der Waals surface area contributed by atoms with Crippen molar-refractivity contribution < 1.29 is 41.9 Å². The van der Waals surface area contributed by atoms with Crippen molar-refractivity contribution in [2.75, 3.05) is 0 Å². The predicted octanol–water partition coefficient (Wildman–Crippen LogP) is 2.97. The van der Waals surface area contributed by atoms with Gasteiger partial charge in [0.15, 0.2) is 6.10 Å². The highest BCUT2D eigenvalue weighted by atomic mass is 19.4. The third-order valence-electron chi connectivity index (χ3n) is 3.58. The van der Waals surface area contributed by atoms with Crippen LogP contribution in [0, 0.1) is 0 Å². The highest BCUT2D eigenvalue weighted by molar-refractivity contribution is 5.60. The molecule has 11 heteroatoms. The minimum Gasteiger partial charge on any atom is -0.484 e. The third kappa shape index (κ3) is 5.83. The normalized spacial score (nSPS) is 14.2. The quantitative estimate of drug-likeness (QED) is 0.355. The van der Waals surface area contributed by atoms with Crippen LogP contribution in [0.3, 0.4) is 0 Å². The molecule has 1 aromatic heterocycles. The second kappa shape index (κ2) is 8.27. The van der Waals surface area contributed by atoms with Gasteiger partial charge in [-0.2, -0.15) is 13.2 Å². The van der Waals surface area contributed by atoms with Gasteiger partial charge < -0.3 is 14.4 Å². The molecule has 0 fully saturated rings. The van der Waals surface area contributed by atoms with Gasteiger partial charge in [0.25, 0.3) is 5.69 Å². The molecule has 0 amide bonds. The molecule has 8 nitrogen and oxygen atoms in total. The first-order valence-corrected chi connectivity index (χ1v) is 8.67. The molecule has 0 aliphatic carbocycles. The van der Waals surface area contributed by atoms with Gasteiger partial charge in [-0.05, 0) is 57.5 Å². The molecular formula is C18H22F3N3O5. The summed E-state index contributed by atoms with van der Waals surface area (Å²) in [5, 5.41) is 18.0. The number of benzene rings is 1. The smallest absolute Gasteiger partial charge is 0.484 e. The number of carbonyl (C=O) groups excluding carboxylic acids is 1. The molecule has 0 aliphatic heterocycles. The Morgan fingerprint density at radius 3 is 2.28 bits per heavy atom. The minimum atomic E-state index is -4.50. The standard InChI is InChI=1S/C18H22F3N3O5/c1-10(2)24-13(14(25)11-6-8-12(9-7-11)18(19,20)21)15(28-23-24)22-29-16(26)27-17(3,4)5/h6-10,14,25H,1-5H3/b22-15-. The summed E-state index contributed by atoms with van der Waals surface area (Å²) in [4.78, 5) is 16.3. The van der Waals surface area contributed by atoms with Crippen LogP contribution >= 0.6 is 0 Å². The molecule has 1 atom stereocenters. The molecule has 0 saturated heterocycles. The maximum Gasteiger partial charge on any atom is 0.535 e. The van der Waals surface area contributed by atoms with Crippen LogP contribution in [0.2, 0.25) is 0 Å². The molecule has 1 unspecified atom stereocenters. The van der Waals surface area contributed by atoms with Crippen LogP contribution in [0.15, 0.2) is 33.9 Å². The summed E-state index contributed by atoms with van der Waals surface area (Å²) in [6.45, 7) is 8.38. The number of halogens is 3. The number of ether oxygens (including phenoxy) is 1. The molecule has 1 aromatic carbocycles. The first-order valence-electron chi connectivity index (χ1n) is 8.67. The summed E-state index contributed by atoms with van der Waals surface area (Å²) in [6, 6.07) is 3.66. The van der Waals surface area contributed by atoms with E-state index in [1.165, 1.54) is 4.68 Å². The summed E-state index contributed by atoms with van der Waals surface area (Å²) in [6.07, 6.45) is -7.04. The molecule has 0 spiro atoms. The number of alkyl halides is 3. The number of aliphatic hydroxyl groups excluding tert-OH is 1. The zero-order valence-corrected chi connectivity index (χ0v) is 16.5. The van der Waals surface area contributed by atoms with E-state index in [0.717, 1.165) is 24.3 Å². The van der Waals surface area contributed by atoms with Crippen molar-refractivity contribution >= 4 is 6.16 Å². The lowest BCUT2D eigenvalue weighted by Gasteiger charge is -2.16. The monoisotopic (exact) mass is 417 g/mol. The summed E-state index contributed by atoms with van der Waals surface area (Å²) in [7, 11) is 0. The third-order valence-corrected chi connectivity index (χ3v) is 3.58. The van der Waals surface area contributed by atoms with Gasteiger partial charge in [0.05, 0.1) is 5.56 Å². The highest BCUT2D eigenvalue weighted by Crippen LogP contribution is 2.30. The van der Waals surface area contributed by atoms with Crippen molar-refractivity contribution in [1.82, 2.24) is 5.27 Å². The fourth-order valence-electron chi connectivity index (χ4n) is 2.31. The van der Waals surface area contributed by atoms with E-state index >= 15 is 0 Å². The Labute approximate surface area is 164 Å². The van der Waals surface area contributed by atoms with E-state index in [2.05, 4.69) is 15.3 Å². The van der Waals surface area contributed by atoms with Crippen LogP contribution in [0.4, 0.5) is 18.0 Å². The number of hydrogen-bond acceptors (Lipinski definition) is 6. The first-order chi connectivity index (χ1) is 13.3. The lowest BCUT2D eigenvalue weighted by molar-refractivity contribution is -0.792. The van der Waals surface area contributed by atoms with Crippen molar-refractivity contribution in [3.8, 4) is 0 Å². The van der Waals surface area contributed by atoms with E-state index in [0.29, 0.717) is 0 Å². The predicted molar refractivity (Wildman–Crippen MR) is 91.0 cm³/mol. The van der Waals surface area contributed by atoms with Gasteiger partial charge in [-0.3, -0.25) is 10.1 Å². The molecule has 0 bridgehead atoms. The zero-order chi connectivity index (χ0) is 22.0. The van der Waals surface area contributed by atoms with Crippen LogP contribution in [-0.4, -0.2) is 16.9 Å². The summed E-state index contributed by atoms with van der Waals surface area (Å²) in [5.41, 5.74) is -1.84. The zero-order valence-electron chi connectivity index (χ0n) is 16.5. The largest absolute Gasteiger partial charge is 0.535 e. The molecule has 0 radical (unpaired) electrons. The van der Waals surface area contributed by atoms with E-state index in [1.807, 2.05) is 0 Å². The Balaban J connectivity index is 2.39. The molecule has 1 heterocycles. The number of rotatable bonds is 4. The summed E-state index contributed by atoms with van der Waals surface area (Å²) < 4.78 is 49.5. The van der Waals surface area contributed by atoms with Crippen LogP contribution in [0.1, 0.15) is 63.6 Å². The van der Waals surface area contributed by atoms with E-state index in [9.17, 15) is 23.1 Å². The number of aliphatic hydroxyl groups is 1. The van der Waals surface area contributed by atoms with Crippen molar-refractivity contribution in [1.29, 1.82) is 0 Å². The van der Waals surface area contributed by atoms with E-state index in [1.54, 1.807) is 34.6 Å². The fourth-order valence-corrected chi connectivity index (χ4v) is 2.31. The van der Waals surface area contributed by atoms with Gasteiger partial charge in [-0.15, -0.1) is 0 Å². The minimum absolute atomic E-state index is 0.00307. The Hall–Kier alpha value is -2.82. The average molecular weight is 417 g/mol. The van der Waals surface area contributed by atoms with Crippen LogP contribution in [-0.2, 0) is 15.8 Å². The van der Waals surface area contributed by atoms with Crippen molar-refractivity contribution in [3.63, 3.8) is 0 Å². The topological polar surface area (TPSA) is 99.2 Å². The Kier molecular flexibility index (Phi) is 6.41. The van der Waals surface area contributed by atoms with Crippen LogP contribution in [0.5, 0.6) is 0 Å². The van der Waals surface area contributed by atoms with Gasteiger partial charge in [0.1, 0.15) is 11.6 Å². The molecule has 0 saturated carbocycles. The van der Waals surface area contributed by atoms with E-state index in [-0.39, 0.29) is 22.9 Å². The molecule has 1 N–H and O–H groups in total. The lowest BCUT2D eigenvalue weighted by Crippen LogP contribution is -2.46. The second-order valence-electron chi connectivity index (χ2n) is 7.47. The van der Waals surface area contributed by atoms with Crippen molar-refractivity contribution in [2.45, 2.75) is 58.5 Å². The van der Waals surface area contributed by atoms with Gasteiger partial charge >= 0.3 is 17.9 Å². The first kappa shape index (κ1) is 22.5. The number of aromatic nitrogens is 2. The van der Waals surface area contributed by atoms with Gasteiger partial charge in [0, 0.05) is 0 Å². The maximum absolute atomic E-state index is 12.8. The van der Waals surface area contributed by atoms with E-state index < -0.39 is 29.6 Å². The molecule has 160 valence electrons. The maximum atomic E-state index is 12.8. The van der Waals surface area contributed by atoms with Gasteiger partial charge in [-0.1, -0.05) is 12.1 Å². The molecule has 2 rings (SSSR count). The average Bonchev–Trinajstić information content (AvgIpc) is 3.01. The van der Waals surface area contributed by atoms with Gasteiger partial charge in [0.2, 0.25) is 0 Å². The number of nitrogens with zero attached hydrogens (tertiary/aromatic N) is 3. The molecule has 29 heavy (non-hydrogen) atoms. The van der Waals surface area contributed by atoms with Gasteiger partial charge in [-0.25, -0.2) is 9.48 Å². The summed E-state index contributed by atoms with van der Waals surface area (Å²) in [5.74, 6) is 0. The van der Waals surface area contributed by atoms with Crippen molar-refractivity contribution in [3.05, 3.63) is 46.6 Å². The van der Waals surface area contributed by atoms with Crippen LogP contribution in [0.25, 0.3) is 0 Å². The number of hydrogen-bond donors (Lipinski definition) is 1. The molecule has 2 aromatic rings. The van der Waals surface area contributed by atoms with Crippen LogP contribution < -0.4 is 15.5 Å². The molecular weight excluding hydrogens is 395 g/mol. The Bertz CT molecular complexity index is 909. The summed E-state index contributed by atoms with van der Waals surface area (Å²) >= 11 is 0. The Morgan fingerprint density at radius 2 is 1.79 bits per heavy atom. The SMILES string of the molecule is CC(C)[n+]1[n-]o/c(=N\OC(=O)OC(C)(C)C)c1C(O)c1ccc(C(F)(F)F)cc1.